The Morgan fingerprint density at radius 1 is 1.45 bits per heavy atom. The Labute approximate surface area is 132 Å². The summed E-state index contributed by atoms with van der Waals surface area (Å²) in [6.45, 7) is 8.83. The second kappa shape index (κ2) is 7.77. The summed E-state index contributed by atoms with van der Waals surface area (Å²) in [5.74, 6) is 1.34. The quantitative estimate of drug-likeness (QED) is 0.731. The van der Waals surface area contributed by atoms with Crippen molar-refractivity contribution in [3.63, 3.8) is 0 Å². The molecule has 0 saturated heterocycles. The Balaban J connectivity index is 1.91. The molecule has 0 N–H and O–H groups in total. The molecule has 1 saturated carbocycles. The molecule has 124 valence electrons. The third-order valence-corrected chi connectivity index (χ3v) is 4.42. The van der Waals surface area contributed by atoms with Crippen molar-refractivity contribution in [1.82, 2.24) is 0 Å². The molecule has 0 aromatic rings. The van der Waals surface area contributed by atoms with E-state index in [0.717, 1.165) is 6.42 Å². The van der Waals surface area contributed by atoms with Crippen LogP contribution in [0.1, 0.15) is 47.0 Å². The molecule has 5 heteroatoms. The highest BCUT2D eigenvalue weighted by Crippen LogP contribution is 2.36. The number of hydrogen-bond acceptors (Lipinski definition) is 5. The predicted octanol–water partition coefficient (Wildman–Crippen LogP) is 3.30. The summed E-state index contributed by atoms with van der Waals surface area (Å²) < 4.78 is 11.0. The number of esters is 1. The van der Waals surface area contributed by atoms with Gasteiger partial charge >= 0.3 is 5.97 Å². The van der Waals surface area contributed by atoms with Crippen molar-refractivity contribution >= 4 is 11.7 Å². The summed E-state index contributed by atoms with van der Waals surface area (Å²) in [4.78, 5) is 16.9. The predicted molar refractivity (Wildman–Crippen MR) is 84.3 cm³/mol. The van der Waals surface area contributed by atoms with Gasteiger partial charge in [0.15, 0.2) is 5.71 Å². The molecular formula is C17H27NO4. The number of ether oxygens (including phenoxy) is 2. The third kappa shape index (κ3) is 4.32. The highest BCUT2D eigenvalue weighted by atomic mass is 16.8. The van der Waals surface area contributed by atoms with Crippen LogP contribution in [0.2, 0.25) is 0 Å². The van der Waals surface area contributed by atoms with Crippen LogP contribution in [0.15, 0.2) is 17.3 Å². The highest BCUT2D eigenvalue weighted by molar-refractivity contribution is 6.41. The Kier molecular flexibility index (Phi) is 6.00. The minimum absolute atomic E-state index is 0.178. The molecule has 2 rings (SSSR count). The van der Waals surface area contributed by atoms with Gasteiger partial charge in [-0.05, 0) is 49.7 Å². The zero-order valence-electron chi connectivity index (χ0n) is 14.0. The number of hydrogen-bond donors (Lipinski definition) is 0. The van der Waals surface area contributed by atoms with E-state index in [1.807, 2.05) is 0 Å². The van der Waals surface area contributed by atoms with Gasteiger partial charge < -0.3 is 14.3 Å². The summed E-state index contributed by atoms with van der Waals surface area (Å²) in [5, 5.41) is 3.81. The first-order chi connectivity index (χ1) is 10.5. The van der Waals surface area contributed by atoms with Crippen molar-refractivity contribution < 1.29 is 19.1 Å². The van der Waals surface area contributed by atoms with Crippen LogP contribution in [0.4, 0.5) is 0 Å². The van der Waals surface area contributed by atoms with E-state index in [2.05, 4.69) is 25.9 Å². The molecule has 4 atom stereocenters. The summed E-state index contributed by atoms with van der Waals surface area (Å²) in [6.07, 6.45) is 6.50. The van der Waals surface area contributed by atoms with Gasteiger partial charge in [-0.15, -0.1) is 0 Å². The summed E-state index contributed by atoms with van der Waals surface area (Å²) in [5.41, 5.74) is 0.180. The van der Waals surface area contributed by atoms with Crippen LogP contribution in [-0.2, 0) is 19.1 Å². The second-order valence-corrected chi connectivity index (χ2v) is 6.53. The molecule has 0 radical (unpaired) electrons. The lowest BCUT2D eigenvalue weighted by Crippen LogP contribution is -2.37. The molecule has 0 amide bonds. The average Bonchev–Trinajstić information content (AvgIpc) is 2.48. The molecule has 22 heavy (non-hydrogen) atoms. The Morgan fingerprint density at radius 2 is 2.23 bits per heavy atom. The molecule has 0 spiro atoms. The van der Waals surface area contributed by atoms with Crippen LogP contribution >= 0.6 is 0 Å². The lowest BCUT2D eigenvalue weighted by molar-refractivity contribution is -0.173. The monoisotopic (exact) mass is 309 g/mol. The molecular weight excluding hydrogens is 282 g/mol. The summed E-state index contributed by atoms with van der Waals surface area (Å²) in [6, 6.07) is 0. The van der Waals surface area contributed by atoms with Crippen LogP contribution in [0.25, 0.3) is 0 Å². The van der Waals surface area contributed by atoms with E-state index in [-0.39, 0.29) is 11.8 Å². The number of oxime groups is 1. The van der Waals surface area contributed by atoms with Crippen molar-refractivity contribution in [2.45, 2.75) is 59.4 Å². The normalized spacial score (nSPS) is 31.6. The van der Waals surface area contributed by atoms with Crippen molar-refractivity contribution in [3.8, 4) is 0 Å². The van der Waals surface area contributed by atoms with Gasteiger partial charge in [-0.1, -0.05) is 32.3 Å². The zero-order chi connectivity index (χ0) is 16.1. The smallest absolute Gasteiger partial charge is 0.360 e. The Morgan fingerprint density at radius 3 is 2.82 bits per heavy atom. The van der Waals surface area contributed by atoms with E-state index in [0.29, 0.717) is 24.4 Å². The van der Waals surface area contributed by atoms with Gasteiger partial charge in [0.05, 0.1) is 12.7 Å². The van der Waals surface area contributed by atoms with E-state index in [9.17, 15) is 4.79 Å². The largest absolute Gasteiger partial charge is 0.461 e. The maximum atomic E-state index is 11.6. The number of carbonyl (C=O) groups is 1. The van der Waals surface area contributed by atoms with Gasteiger partial charge in [0.1, 0.15) is 0 Å². The van der Waals surface area contributed by atoms with Crippen LogP contribution in [-0.4, -0.2) is 30.7 Å². The molecule has 1 unspecified atom stereocenters. The van der Waals surface area contributed by atoms with Crippen LogP contribution in [0.3, 0.4) is 0 Å². The van der Waals surface area contributed by atoms with Gasteiger partial charge in [0, 0.05) is 0 Å². The molecule has 0 aromatic carbocycles. The standard InChI is InChI=1S/C17H27NO4/c1-5-20-17(19)14-8-9-16(22-18-14)21-15-10-12(4)6-7-13(15)11(2)3/h8-9,11-13,15-16H,5-7,10H2,1-4H3/t12-,13+,15-,16?/m1/s1. The van der Waals surface area contributed by atoms with Crippen LogP contribution < -0.4 is 0 Å². The number of nitrogens with zero attached hydrogens (tertiary/aromatic N) is 1. The molecule has 0 bridgehead atoms. The first-order valence-corrected chi connectivity index (χ1v) is 8.25. The molecule has 5 nitrogen and oxygen atoms in total. The number of carbonyl (C=O) groups excluding carboxylic acids is 1. The van der Waals surface area contributed by atoms with Gasteiger partial charge in [0.25, 0.3) is 0 Å². The maximum Gasteiger partial charge on any atom is 0.360 e. The van der Waals surface area contributed by atoms with Crippen LogP contribution in [0.5, 0.6) is 0 Å². The fraction of sp³-hybridized carbons (Fsp3) is 0.765. The molecule has 0 aromatic heterocycles. The van der Waals surface area contributed by atoms with Crippen molar-refractivity contribution in [3.05, 3.63) is 12.2 Å². The molecule has 1 aliphatic heterocycles. The van der Waals surface area contributed by atoms with E-state index in [4.69, 9.17) is 14.3 Å². The van der Waals surface area contributed by atoms with Gasteiger partial charge in [-0.3, -0.25) is 0 Å². The lowest BCUT2D eigenvalue weighted by Gasteiger charge is -2.38. The average molecular weight is 309 g/mol. The first kappa shape index (κ1) is 17.0. The fourth-order valence-corrected chi connectivity index (χ4v) is 3.17. The van der Waals surface area contributed by atoms with Crippen LogP contribution in [0, 0.1) is 17.8 Å². The van der Waals surface area contributed by atoms with Gasteiger partial charge in [-0.25, -0.2) is 4.79 Å². The van der Waals surface area contributed by atoms with E-state index in [1.165, 1.54) is 12.8 Å². The first-order valence-electron chi connectivity index (χ1n) is 8.25. The fourth-order valence-electron chi connectivity index (χ4n) is 3.17. The SMILES string of the molecule is CCOC(=O)C1=NOC(O[C@@H]2C[C@H](C)CC[C@H]2C(C)C)C=C1. The number of rotatable bonds is 5. The Bertz CT molecular complexity index is 444. The topological polar surface area (TPSA) is 57.1 Å². The van der Waals surface area contributed by atoms with E-state index >= 15 is 0 Å². The van der Waals surface area contributed by atoms with E-state index in [1.54, 1.807) is 19.1 Å². The lowest BCUT2D eigenvalue weighted by atomic mass is 9.75. The minimum Gasteiger partial charge on any atom is -0.461 e. The molecule has 1 heterocycles. The molecule has 1 fully saturated rings. The maximum absolute atomic E-state index is 11.6. The summed E-state index contributed by atoms with van der Waals surface area (Å²) in [7, 11) is 0. The molecule has 1 aliphatic carbocycles. The second-order valence-electron chi connectivity index (χ2n) is 6.53. The van der Waals surface area contributed by atoms with Gasteiger partial charge in [-0.2, -0.15) is 0 Å². The van der Waals surface area contributed by atoms with Gasteiger partial charge in [0.2, 0.25) is 6.29 Å². The molecule has 2 aliphatic rings. The summed E-state index contributed by atoms with van der Waals surface area (Å²) >= 11 is 0. The third-order valence-electron chi connectivity index (χ3n) is 4.42. The minimum atomic E-state index is -0.519. The van der Waals surface area contributed by atoms with E-state index < -0.39 is 12.3 Å². The Hall–Kier alpha value is -1.36. The van der Waals surface area contributed by atoms with Crippen molar-refractivity contribution in [1.29, 1.82) is 0 Å². The van der Waals surface area contributed by atoms with Crippen molar-refractivity contribution in [2.75, 3.05) is 6.61 Å². The zero-order valence-corrected chi connectivity index (χ0v) is 14.0. The van der Waals surface area contributed by atoms with Crippen molar-refractivity contribution in [2.24, 2.45) is 22.9 Å². The highest BCUT2D eigenvalue weighted by Gasteiger charge is 2.33.